The Hall–Kier alpha value is -6.84. The molecule has 8 aromatic carbocycles. The molecule has 0 unspecified atom stereocenters. The van der Waals surface area contributed by atoms with Crippen molar-refractivity contribution in [2.45, 2.75) is 0 Å². The van der Waals surface area contributed by atoms with Crippen molar-refractivity contribution < 1.29 is 0 Å². The number of nitrogens with zero attached hydrogens (tertiary/aromatic N) is 3. The Morgan fingerprint density at radius 3 is 1.16 bits per heavy atom. The van der Waals surface area contributed by atoms with E-state index in [0.717, 1.165) is 17.1 Å². The normalized spacial score (nSPS) is 11.9. The molecular weight excluding hydrogens is 619 g/mol. The van der Waals surface area contributed by atoms with Crippen LogP contribution in [0.15, 0.2) is 188 Å². The van der Waals surface area contributed by atoms with E-state index in [9.17, 15) is 0 Å². The first-order valence-corrected chi connectivity index (χ1v) is 17.5. The molecule has 0 aliphatic carbocycles. The lowest BCUT2D eigenvalue weighted by Gasteiger charge is -2.12. The van der Waals surface area contributed by atoms with Gasteiger partial charge in [-0.05, 0) is 77.9 Å². The summed E-state index contributed by atoms with van der Waals surface area (Å²) in [6.45, 7) is 0. The van der Waals surface area contributed by atoms with Crippen LogP contribution in [0.5, 0.6) is 0 Å². The predicted molar refractivity (Wildman–Crippen MR) is 215 cm³/mol. The third-order valence-electron chi connectivity index (χ3n) is 10.6. The maximum Gasteiger partial charge on any atom is 0.0561 e. The summed E-state index contributed by atoms with van der Waals surface area (Å²) in [6, 6.07) is 68.4. The van der Waals surface area contributed by atoms with Crippen molar-refractivity contribution in [3.05, 3.63) is 188 Å². The van der Waals surface area contributed by atoms with Gasteiger partial charge < -0.3 is 13.7 Å². The van der Waals surface area contributed by atoms with Crippen LogP contribution in [0.2, 0.25) is 0 Å². The maximum atomic E-state index is 2.43. The second-order valence-electron chi connectivity index (χ2n) is 13.4. The lowest BCUT2D eigenvalue weighted by atomic mass is 10.1. The quantitative estimate of drug-likeness (QED) is 0.180. The fourth-order valence-electron chi connectivity index (χ4n) is 8.39. The number of fused-ring (bicyclic) bond motifs is 9. The Labute approximate surface area is 294 Å². The fourth-order valence-corrected chi connectivity index (χ4v) is 8.39. The minimum Gasteiger partial charge on any atom is -0.309 e. The molecule has 11 aromatic rings. The van der Waals surface area contributed by atoms with Crippen LogP contribution in [0.4, 0.5) is 0 Å². The van der Waals surface area contributed by atoms with Crippen LogP contribution in [0.25, 0.3) is 93.6 Å². The molecule has 51 heavy (non-hydrogen) atoms. The highest BCUT2D eigenvalue weighted by Gasteiger charge is 2.18. The smallest absolute Gasteiger partial charge is 0.0561 e. The van der Waals surface area contributed by atoms with Crippen molar-refractivity contribution in [3.8, 4) is 28.2 Å². The molecule has 0 fully saturated rings. The summed E-state index contributed by atoms with van der Waals surface area (Å²) in [5.41, 5.74) is 13.1. The van der Waals surface area contributed by atoms with Gasteiger partial charge in [-0.25, -0.2) is 0 Å². The predicted octanol–water partition coefficient (Wildman–Crippen LogP) is 12.6. The first-order valence-electron chi connectivity index (χ1n) is 17.5. The second kappa shape index (κ2) is 10.8. The summed E-state index contributed by atoms with van der Waals surface area (Å²) >= 11 is 0. The molecule has 3 heterocycles. The van der Waals surface area contributed by atoms with Crippen LogP contribution in [-0.2, 0) is 0 Å². The molecule has 0 saturated heterocycles. The van der Waals surface area contributed by atoms with E-state index >= 15 is 0 Å². The molecule has 0 saturated carbocycles. The summed E-state index contributed by atoms with van der Waals surface area (Å²) in [5.74, 6) is 0. The molecule has 3 nitrogen and oxygen atoms in total. The molecule has 11 rings (SSSR count). The van der Waals surface area contributed by atoms with E-state index in [-0.39, 0.29) is 0 Å². The molecule has 0 atom stereocenters. The Balaban J connectivity index is 1.13. The van der Waals surface area contributed by atoms with Crippen LogP contribution < -0.4 is 0 Å². The molecule has 0 aliphatic heterocycles. The molecule has 3 aromatic heterocycles. The van der Waals surface area contributed by atoms with E-state index in [1.54, 1.807) is 0 Å². The van der Waals surface area contributed by atoms with Crippen molar-refractivity contribution >= 4 is 65.4 Å². The first-order chi connectivity index (χ1) is 25.3. The second-order valence-corrected chi connectivity index (χ2v) is 13.4. The molecule has 0 spiro atoms. The summed E-state index contributed by atoms with van der Waals surface area (Å²) in [5, 5.41) is 7.53. The van der Waals surface area contributed by atoms with E-state index in [0.29, 0.717) is 0 Å². The zero-order valence-corrected chi connectivity index (χ0v) is 27.7. The third-order valence-corrected chi connectivity index (χ3v) is 10.6. The van der Waals surface area contributed by atoms with Crippen LogP contribution >= 0.6 is 0 Å². The topological polar surface area (TPSA) is 14.8 Å². The van der Waals surface area contributed by atoms with Gasteiger partial charge in [0.2, 0.25) is 0 Å². The molecule has 0 radical (unpaired) electrons. The van der Waals surface area contributed by atoms with E-state index in [2.05, 4.69) is 202 Å². The molecule has 0 bridgehead atoms. The number of hydrogen-bond donors (Lipinski definition) is 0. The first kappa shape index (κ1) is 28.0. The van der Waals surface area contributed by atoms with Crippen LogP contribution in [0.3, 0.4) is 0 Å². The van der Waals surface area contributed by atoms with Crippen LogP contribution in [0, 0.1) is 0 Å². The Morgan fingerprint density at radius 1 is 0.216 bits per heavy atom. The number of para-hydroxylation sites is 4. The van der Waals surface area contributed by atoms with Gasteiger partial charge in [-0.1, -0.05) is 121 Å². The maximum absolute atomic E-state index is 2.43. The number of hydrogen-bond acceptors (Lipinski definition) is 0. The summed E-state index contributed by atoms with van der Waals surface area (Å²) < 4.78 is 7.25. The zero-order valence-electron chi connectivity index (χ0n) is 27.7. The fraction of sp³-hybridized carbons (Fsp3) is 0. The van der Waals surface area contributed by atoms with Crippen molar-refractivity contribution in [3.63, 3.8) is 0 Å². The van der Waals surface area contributed by atoms with Gasteiger partial charge in [0.25, 0.3) is 0 Å². The highest BCUT2D eigenvalue weighted by Crippen LogP contribution is 2.39. The van der Waals surface area contributed by atoms with E-state index < -0.39 is 0 Å². The van der Waals surface area contributed by atoms with E-state index in [4.69, 9.17) is 0 Å². The minimum atomic E-state index is 1.14. The van der Waals surface area contributed by atoms with Crippen molar-refractivity contribution in [2.24, 2.45) is 0 Å². The summed E-state index contributed by atoms with van der Waals surface area (Å²) in [4.78, 5) is 0. The summed E-state index contributed by atoms with van der Waals surface area (Å²) in [6.07, 6.45) is 0. The highest BCUT2D eigenvalue weighted by molar-refractivity contribution is 6.13. The van der Waals surface area contributed by atoms with Gasteiger partial charge in [0.1, 0.15) is 0 Å². The highest BCUT2D eigenvalue weighted by atomic mass is 15.0. The number of benzene rings is 8. The molecule has 0 aliphatic rings. The average Bonchev–Trinajstić information content (AvgIpc) is 3.83. The number of aromatic nitrogens is 3. The van der Waals surface area contributed by atoms with Gasteiger partial charge in [0, 0.05) is 49.4 Å². The van der Waals surface area contributed by atoms with Gasteiger partial charge in [0.15, 0.2) is 0 Å². The Bertz CT molecular complexity index is 3070. The molecular formula is C48H31N3. The van der Waals surface area contributed by atoms with Gasteiger partial charge in [-0.15, -0.1) is 0 Å². The average molecular weight is 650 g/mol. The summed E-state index contributed by atoms with van der Waals surface area (Å²) in [7, 11) is 0. The lowest BCUT2D eigenvalue weighted by molar-refractivity contribution is 1.15. The molecule has 238 valence electrons. The van der Waals surface area contributed by atoms with Crippen LogP contribution in [0.1, 0.15) is 0 Å². The molecule has 0 N–H and O–H groups in total. The Kier molecular flexibility index (Phi) is 5.96. The molecule has 3 heteroatoms. The monoisotopic (exact) mass is 649 g/mol. The van der Waals surface area contributed by atoms with Crippen molar-refractivity contribution in [1.29, 1.82) is 0 Å². The van der Waals surface area contributed by atoms with E-state index in [1.165, 1.54) is 76.5 Å². The van der Waals surface area contributed by atoms with Crippen molar-refractivity contribution in [1.82, 2.24) is 13.7 Å². The van der Waals surface area contributed by atoms with Gasteiger partial charge in [0.05, 0.1) is 33.1 Å². The van der Waals surface area contributed by atoms with Gasteiger partial charge in [-0.2, -0.15) is 0 Å². The third kappa shape index (κ3) is 4.12. The van der Waals surface area contributed by atoms with Crippen molar-refractivity contribution in [2.75, 3.05) is 0 Å². The van der Waals surface area contributed by atoms with E-state index in [1.807, 2.05) is 0 Å². The van der Waals surface area contributed by atoms with Gasteiger partial charge >= 0.3 is 0 Å². The lowest BCUT2D eigenvalue weighted by Crippen LogP contribution is -1.97. The standard InChI is InChI=1S/C48H31N3/c1-2-12-32(13-3-1)33-22-24-34(25-23-33)49-43-18-8-6-16-39(43)41-28-26-36(31-48(41)49)51-46-21-11-7-17-40(46)42-30-35(27-29-47(42)51)50-44-19-9-4-14-37(44)38-15-5-10-20-45(38)50/h1-31H. The number of rotatable bonds is 4. The zero-order chi connectivity index (χ0) is 33.5. The minimum absolute atomic E-state index is 1.14. The largest absolute Gasteiger partial charge is 0.309 e. The van der Waals surface area contributed by atoms with Crippen LogP contribution in [-0.4, -0.2) is 13.7 Å². The Morgan fingerprint density at radius 2 is 0.588 bits per heavy atom. The molecule has 0 amide bonds. The SMILES string of the molecule is c1ccc(-c2ccc(-n3c4ccccc4c4ccc(-n5c6ccccc6c6cc(-n7c8ccccc8c8ccccc87)ccc65)cc43)cc2)cc1. The van der Waals surface area contributed by atoms with Gasteiger partial charge in [-0.3, -0.25) is 0 Å².